The summed E-state index contributed by atoms with van der Waals surface area (Å²) in [6.45, 7) is 3.40. The zero-order valence-electron chi connectivity index (χ0n) is 13.5. The molecule has 23 heavy (non-hydrogen) atoms. The lowest BCUT2D eigenvalue weighted by Crippen LogP contribution is -2.52. The van der Waals surface area contributed by atoms with Gasteiger partial charge < -0.3 is 10.1 Å². The molecule has 1 unspecified atom stereocenters. The molecule has 1 spiro atoms. The van der Waals surface area contributed by atoms with Crippen molar-refractivity contribution in [3.05, 3.63) is 35.1 Å². The van der Waals surface area contributed by atoms with Crippen molar-refractivity contribution in [1.82, 2.24) is 5.32 Å². The summed E-state index contributed by atoms with van der Waals surface area (Å²) in [6, 6.07) is 5.09. The van der Waals surface area contributed by atoms with Gasteiger partial charge >= 0.3 is 0 Å². The standard InChI is InChI=1S/C17H24FNO3S/c1-13-12-15(18)3-2-14(13)4-8-19-16-5-9-22-17(16)6-10-23(20,21)11-7-17/h2-3,12,16,19H,4-11H2,1H3. The summed E-state index contributed by atoms with van der Waals surface area (Å²) in [5.74, 6) is 0.246. The third kappa shape index (κ3) is 3.75. The summed E-state index contributed by atoms with van der Waals surface area (Å²) < 4.78 is 42.4. The molecule has 1 aromatic rings. The molecule has 1 aromatic carbocycles. The third-order valence-electron chi connectivity index (χ3n) is 5.19. The second-order valence-electron chi connectivity index (χ2n) is 6.68. The van der Waals surface area contributed by atoms with E-state index in [1.54, 1.807) is 6.07 Å². The van der Waals surface area contributed by atoms with Gasteiger partial charge in [-0.25, -0.2) is 12.8 Å². The van der Waals surface area contributed by atoms with E-state index in [0.717, 1.165) is 30.5 Å². The Morgan fingerprint density at radius 3 is 2.78 bits per heavy atom. The van der Waals surface area contributed by atoms with Gasteiger partial charge in [-0.1, -0.05) is 6.07 Å². The Labute approximate surface area is 137 Å². The molecule has 0 aliphatic carbocycles. The van der Waals surface area contributed by atoms with Crippen molar-refractivity contribution in [3.8, 4) is 0 Å². The molecule has 2 aliphatic heterocycles. The summed E-state index contributed by atoms with van der Waals surface area (Å²) in [4.78, 5) is 0. The first-order chi connectivity index (χ1) is 10.9. The number of hydrogen-bond acceptors (Lipinski definition) is 4. The summed E-state index contributed by atoms with van der Waals surface area (Å²) in [5, 5.41) is 3.55. The molecular formula is C17H24FNO3S. The Kier molecular flexibility index (Phi) is 4.76. The van der Waals surface area contributed by atoms with Crippen LogP contribution in [0.5, 0.6) is 0 Å². The highest BCUT2D eigenvalue weighted by Gasteiger charge is 2.47. The van der Waals surface area contributed by atoms with Gasteiger partial charge in [0.25, 0.3) is 0 Å². The molecule has 4 nitrogen and oxygen atoms in total. The van der Waals surface area contributed by atoms with E-state index >= 15 is 0 Å². The Balaban J connectivity index is 1.57. The van der Waals surface area contributed by atoms with Crippen LogP contribution in [0, 0.1) is 12.7 Å². The van der Waals surface area contributed by atoms with Crippen LogP contribution in [0.3, 0.4) is 0 Å². The normalized spacial score (nSPS) is 25.7. The zero-order chi connectivity index (χ0) is 16.5. The number of halogens is 1. The SMILES string of the molecule is Cc1cc(F)ccc1CCNC1CCOC12CCS(=O)(=O)CC2. The van der Waals surface area contributed by atoms with E-state index < -0.39 is 9.84 Å². The van der Waals surface area contributed by atoms with Gasteiger partial charge in [-0.3, -0.25) is 0 Å². The van der Waals surface area contributed by atoms with Crippen molar-refractivity contribution in [3.63, 3.8) is 0 Å². The number of benzene rings is 1. The Morgan fingerprint density at radius 1 is 1.35 bits per heavy atom. The van der Waals surface area contributed by atoms with Crippen molar-refractivity contribution in [2.45, 2.75) is 44.2 Å². The van der Waals surface area contributed by atoms with Crippen LogP contribution in [0.2, 0.25) is 0 Å². The minimum Gasteiger partial charge on any atom is -0.373 e. The van der Waals surface area contributed by atoms with Crippen LogP contribution in [0.25, 0.3) is 0 Å². The second-order valence-corrected chi connectivity index (χ2v) is 8.98. The Morgan fingerprint density at radius 2 is 2.09 bits per heavy atom. The van der Waals surface area contributed by atoms with Crippen molar-refractivity contribution >= 4 is 9.84 Å². The van der Waals surface area contributed by atoms with Crippen LogP contribution in [-0.4, -0.2) is 44.7 Å². The first-order valence-corrected chi connectivity index (χ1v) is 10.1. The maximum Gasteiger partial charge on any atom is 0.150 e. The van der Waals surface area contributed by atoms with E-state index in [0.29, 0.717) is 19.4 Å². The monoisotopic (exact) mass is 341 g/mol. The van der Waals surface area contributed by atoms with Gasteiger partial charge in [0.15, 0.2) is 9.84 Å². The topological polar surface area (TPSA) is 55.4 Å². The van der Waals surface area contributed by atoms with Crippen LogP contribution in [0.15, 0.2) is 18.2 Å². The number of nitrogens with one attached hydrogen (secondary N) is 1. The predicted octanol–water partition coefficient (Wildman–Crippen LogP) is 2.00. The molecule has 0 aromatic heterocycles. The minimum absolute atomic E-state index is 0.203. The van der Waals surface area contributed by atoms with Crippen LogP contribution in [0.4, 0.5) is 4.39 Å². The molecule has 2 aliphatic rings. The minimum atomic E-state index is -2.89. The molecule has 0 bridgehead atoms. The third-order valence-corrected chi connectivity index (χ3v) is 6.85. The van der Waals surface area contributed by atoms with Gasteiger partial charge in [0, 0.05) is 12.6 Å². The smallest absolute Gasteiger partial charge is 0.150 e. The van der Waals surface area contributed by atoms with Crippen LogP contribution < -0.4 is 5.32 Å². The first-order valence-electron chi connectivity index (χ1n) is 8.23. The molecule has 3 rings (SSSR count). The fraction of sp³-hybridized carbons (Fsp3) is 0.647. The molecule has 128 valence electrons. The molecule has 0 saturated carbocycles. The Bertz CT molecular complexity index is 660. The highest BCUT2D eigenvalue weighted by Crippen LogP contribution is 2.36. The summed E-state index contributed by atoms with van der Waals surface area (Å²) in [6.07, 6.45) is 2.92. The molecule has 0 amide bonds. The lowest BCUT2D eigenvalue weighted by Gasteiger charge is -2.38. The number of sulfone groups is 1. The van der Waals surface area contributed by atoms with E-state index in [2.05, 4.69) is 5.32 Å². The molecular weight excluding hydrogens is 317 g/mol. The van der Waals surface area contributed by atoms with Crippen molar-refractivity contribution in [2.24, 2.45) is 0 Å². The fourth-order valence-corrected chi connectivity index (χ4v) is 5.25. The van der Waals surface area contributed by atoms with Crippen LogP contribution in [0.1, 0.15) is 30.4 Å². The van der Waals surface area contributed by atoms with E-state index in [4.69, 9.17) is 4.74 Å². The number of ether oxygens (including phenoxy) is 1. The average molecular weight is 341 g/mol. The fourth-order valence-electron chi connectivity index (χ4n) is 3.73. The summed E-state index contributed by atoms with van der Waals surface area (Å²) in [7, 11) is -2.89. The highest BCUT2D eigenvalue weighted by molar-refractivity contribution is 7.91. The van der Waals surface area contributed by atoms with Gasteiger partial charge in [0.2, 0.25) is 0 Å². The van der Waals surface area contributed by atoms with E-state index in [-0.39, 0.29) is 29.0 Å². The van der Waals surface area contributed by atoms with Crippen LogP contribution >= 0.6 is 0 Å². The quantitative estimate of drug-likeness (QED) is 0.910. The van der Waals surface area contributed by atoms with Gasteiger partial charge in [-0.15, -0.1) is 0 Å². The van der Waals surface area contributed by atoms with Crippen molar-refractivity contribution in [2.75, 3.05) is 24.7 Å². The summed E-state index contributed by atoms with van der Waals surface area (Å²) in [5.41, 5.74) is 1.79. The maximum absolute atomic E-state index is 13.1. The van der Waals surface area contributed by atoms with Gasteiger partial charge in [0.1, 0.15) is 5.82 Å². The molecule has 2 saturated heterocycles. The lowest BCUT2D eigenvalue weighted by atomic mass is 9.88. The van der Waals surface area contributed by atoms with E-state index in [1.807, 2.05) is 13.0 Å². The van der Waals surface area contributed by atoms with Gasteiger partial charge in [-0.2, -0.15) is 0 Å². The largest absolute Gasteiger partial charge is 0.373 e. The second kappa shape index (κ2) is 6.49. The molecule has 6 heteroatoms. The van der Waals surface area contributed by atoms with E-state index in [1.165, 1.54) is 6.07 Å². The summed E-state index contributed by atoms with van der Waals surface area (Å²) >= 11 is 0. The molecule has 0 radical (unpaired) electrons. The predicted molar refractivity (Wildman–Crippen MR) is 87.8 cm³/mol. The average Bonchev–Trinajstić information content (AvgIpc) is 2.88. The van der Waals surface area contributed by atoms with Crippen molar-refractivity contribution < 1.29 is 17.5 Å². The molecule has 2 heterocycles. The molecule has 1 N–H and O–H groups in total. The van der Waals surface area contributed by atoms with Crippen LogP contribution in [-0.2, 0) is 21.0 Å². The van der Waals surface area contributed by atoms with E-state index in [9.17, 15) is 12.8 Å². The Hall–Kier alpha value is -0.980. The maximum atomic E-state index is 13.1. The molecule has 2 fully saturated rings. The first kappa shape index (κ1) is 16.9. The zero-order valence-corrected chi connectivity index (χ0v) is 14.3. The highest BCUT2D eigenvalue weighted by atomic mass is 32.2. The van der Waals surface area contributed by atoms with Gasteiger partial charge in [0.05, 0.1) is 17.1 Å². The number of hydrogen-bond donors (Lipinski definition) is 1. The number of aryl methyl sites for hydroxylation is 1. The van der Waals surface area contributed by atoms with Crippen molar-refractivity contribution in [1.29, 1.82) is 0 Å². The van der Waals surface area contributed by atoms with Gasteiger partial charge in [-0.05, 0) is 62.4 Å². The lowest BCUT2D eigenvalue weighted by molar-refractivity contribution is -0.0181. The molecule has 1 atom stereocenters. The number of rotatable bonds is 4.